The van der Waals surface area contributed by atoms with Crippen molar-refractivity contribution in [3.8, 4) is 0 Å². The van der Waals surface area contributed by atoms with Crippen LogP contribution in [0.5, 0.6) is 0 Å². The number of rotatable bonds is 6. The van der Waals surface area contributed by atoms with E-state index in [0.717, 1.165) is 23.1 Å². The van der Waals surface area contributed by atoms with Gasteiger partial charge in [-0.1, -0.05) is 84.4 Å². The molecule has 0 aliphatic carbocycles. The standard InChI is InChI=1S/C22H21ClN2O/c23-20-13-11-17(12-14-20)15-16-24-22(26)25-21(18-7-3-1-4-8-18)19-9-5-2-6-10-19/h1-14,21H,15-16H2,(H2,24,25,26). The molecule has 0 saturated carbocycles. The van der Waals surface area contributed by atoms with E-state index in [-0.39, 0.29) is 12.1 Å². The first-order valence-corrected chi connectivity index (χ1v) is 8.99. The Balaban J connectivity index is 1.61. The molecule has 0 saturated heterocycles. The highest BCUT2D eigenvalue weighted by Gasteiger charge is 2.16. The van der Waals surface area contributed by atoms with Gasteiger partial charge in [0.25, 0.3) is 0 Å². The van der Waals surface area contributed by atoms with Crippen molar-refractivity contribution in [2.24, 2.45) is 0 Å². The van der Waals surface area contributed by atoms with Crippen LogP contribution in [0.4, 0.5) is 4.79 Å². The molecule has 0 aliphatic rings. The third kappa shape index (κ3) is 5.11. The zero-order valence-electron chi connectivity index (χ0n) is 14.4. The van der Waals surface area contributed by atoms with E-state index in [2.05, 4.69) is 10.6 Å². The van der Waals surface area contributed by atoms with Crippen LogP contribution in [-0.4, -0.2) is 12.6 Å². The highest BCUT2D eigenvalue weighted by Crippen LogP contribution is 2.21. The van der Waals surface area contributed by atoms with E-state index in [1.54, 1.807) is 0 Å². The van der Waals surface area contributed by atoms with E-state index >= 15 is 0 Å². The zero-order valence-corrected chi connectivity index (χ0v) is 15.1. The van der Waals surface area contributed by atoms with Crippen LogP contribution in [0.25, 0.3) is 0 Å². The maximum Gasteiger partial charge on any atom is 0.315 e. The van der Waals surface area contributed by atoms with Gasteiger partial charge in [-0.05, 0) is 35.2 Å². The van der Waals surface area contributed by atoms with E-state index in [9.17, 15) is 4.79 Å². The summed E-state index contributed by atoms with van der Waals surface area (Å²) in [6.45, 7) is 0.559. The molecule has 3 rings (SSSR count). The Morgan fingerprint density at radius 2 is 1.35 bits per heavy atom. The second-order valence-corrected chi connectivity index (χ2v) is 6.47. The molecule has 26 heavy (non-hydrogen) atoms. The second-order valence-electron chi connectivity index (χ2n) is 6.03. The molecule has 0 atom stereocenters. The third-order valence-corrected chi connectivity index (χ3v) is 4.41. The van der Waals surface area contributed by atoms with Gasteiger partial charge >= 0.3 is 6.03 Å². The Bertz CT molecular complexity index is 780. The topological polar surface area (TPSA) is 41.1 Å². The van der Waals surface area contributed by atoms with Gasteiger partial charge in [-0.15, -0.1) is 0 Å². The summed E-state index contributed by atoms with van der Waals surface area (Å²) in [5.74, 6) is 0. The number of nitrogens with one attached hydrogen (secondary N) is 2. The Kier molecular flexibility index (Phi) is 6.29. The van der Waals surface area contributed by atoms with Crippen LogP contribution in [0, 0.1) is 0 Å². The van der Waals surface area contributed by atoms with Gasteiger partial charge < -0.3 is 10.6 Å². The predicted molar refractivity (Wildman–Crippen MR) is 106 cm³/mol. The normalized spacial score (nSPS) is 10.5. The molecule has 132 valence electrons. The highest BCUT2D eigenvalue weighted by atomic mass is 35.5. The summed E-state index contributed by atoms with van der Waals surface area (Å²) >= 11 is 5.89. The smallest absolute Gasteiger partial charge is 0.315 e. The van der Waals surface area contributed by atoms with E-state index in [1.165, 1.54) is 0 Å². The van der Waals surface area contributed by atoms with E-state index < -0.39 is 0 Å². The molecule has 3 aromatic rings. The van der Waals surface area contributed by atoms with Crippen molar-refractivity contribution in [3.63, 3.8) is 0 Å². The second kappa shape index (κ2) is 9.07. The molecule has 3 aromatic carbocycles. The van der Waals surface area contributed by atoms with E-state index in [0.29, 0.717) is 11.6 Å². The molecular weight excluding hydrogens is 344 g/mol. The van der Waals surface area contributed by atoms with Crippen LogP contribution in [0.1, 0.15) is 22.7 Å². The van der Waals surface area contributed by atoms with Crippen LogP contribution in [-0.2, 0) is 6.42 Å². The first-order valence-electron chi connectivity index (χ1n) is 8.61. The number of carbonyl (C=O) groups is 1. The van der Waals surface area contributed by atoms with Crippen molar-refractivity contribution >= 4 is 17.6 Å². The summed E-state index contributed by atoms with van der Waals surface area (Å²) in [6, 6.07) is 27.2. The number of urea groups is 1. The summed E-state index contributed by atoms with van der Waals surface area (Å²) in [6.07, 6.45) is 0.756. The molecule has 4 heteroatoms. The fraction of sp³-hybridized carbons (Fsp3) is 0.136. The average molecular weight is 365 g/mol. The van der Waals surface area contributed by atoms with Gasteiger partial charge in [0.1, 0.15) is 0 Å². The van der Waals surface area contributed by atoms with Crippen LogP contribution in [0.2, 0.25) is 5.02 Å². The lowest BCUT2D eigenvalue weighted by Gasteiger charge is -2.20. The summed E-state index contributed by atoms with van der Waals surface area (Å²) < 4.78 is 0. The minimum Gasteiger partial charge on any atom is -0.338 e. The lowest BCUT2D eigenvalue weighted by molar-refractivity contribution is 0.239. The molecular formula is C22H21ClN2O. The molecule has 0 unspecified atom stereocenters. The lowest BCUT2D eigenvalue weighted by Crippen LogP contribution is -2.39. The van der Waals surface area contributed by atoms with E-state index in [4.69, 9.17) is 11.6 Å². The summed E-state index contributed by atoms with van der Waals surface area (Å²) in [7, 11) is 0. The monoisotopic (exact) mass is 364 g/mol. The molecule has 0 aromatic heterocycles. The highest BCUT2D eigenvalue weighted by molar-refractivity contribution is 6.30. The molecule has 2 amide bonds. The molecule has 0 radical (unpaired) electrons. The van der Waals surface area contributed by atoms with Crippen LogP contribution in [0.15, 0.2) is 84.9 Å². The molecule has 0 fully saturated rings. The third-order valence-electron chi connectivity index (χ3n) is 4.15. The fourth-order valence-electron chi connectivity index (χ4n) is 2.80. The lowest BCUT2D eigenvalue weighted by atomic mass is 9.99. The van der Waals surface area contributed by atoms with Gasteiger partial charge in [0.15, 0.2) is 0 Å². The Morgan fingerprint density at radius 3 is 1.88 bits per heavy atom. The van der Waals surface area contributed by atoms with Gasteiger partial charge in [-0.25, -0.2) is 4.79 Å². The molecule has 3 nitrogen and oxygen atoms in total. The maximum absolute atomic E-state index is 12.4. The van der Waals surface area contributed by atoms with E-state index in [1.807, 2.05) is 84.9 Å². The number of hydrogen-bond donors (Lipinski definition) is 2. The molecule has 0 spiro atoms. The Morgan fingerprint density at radius 1 is 0.808 bits per heavy atom. The van der Waals surface area contributed by atoms with Gasteiger partial charge in [0.2, 0.25) is 0 Å². The minimum absolute atomic E-state index is 0.184. The largest absolute Gasteiger partial charge is 0.338 e. The Hall–Kier alpha value is -2.78. The fourth-order valence-corrected chi connectivity index (χ4v) is 2.93. The van der Waals surface area contributed by atoms with Crippen molar-refractivity contribution in [2.45, 2.75) is 12.5 Å². The SMILES string of the molecule is O=C(NCCc1ccc(Cl)cc1)NC(c1ccccc1)c1ccccc1. The van der Waals surface area contributed by atoms with Crippen molar-refractivity contribution in [1.82, 2.24) is 10.6 Å². The average Bonchev–Trinajstić information content (AvgIpc) is 2.69. The predicted octanol–water partition coefficient (Wildman–Crippen LogP) is 4.97. The van der Waals surface area contributed by atoms with Gasteiger partial charge in [0.05, 0.1) is 6.04 Å². The first-order chi connectivity index (χ1) is 12.7. The van der Waals surface area contributed by atoms with Crippen LogP contribution in [0.3, 0.4) is 0 Å². The van der Waals surface area contributed by atoms with Crippen molar-refractivity contribution in [1.29, 1.82) is 0 Å². The van der Waals surface area contributed by atoms with Gasteiger partial charge in [0, 0.05) is 11.6 Å². The summed E-state index contributed by atoms with van der Waals surface area (Å²) in [5, 5.41) is 6.72. The molecule has 0 aliphatic heterocycles. The summed E-state index contributed by atoms with van der Waals surface area (Å²) in [5.41, 5.74) is 3.23. The number of carbonyl (C=O) groups excluding carboxylic acids is 1. The molecule has 0 bridgehead atoms. The minimum atomic E-state index is -0.187. The quantitative estimate of drug-likeness (QED) is 0.637. The molecule has 2 N–H and O–H groups in total. The zero-order chi connectivity index (χ0) is 18.2. The molecule has 0 heterocycles. The van der Waals surface area contributed by atoms with Crippen LogP contribution >= 0.6 is 11.6 Å². The number of hydrogen-bond acceptors (Lipinski definition) is 1. The van der Waals surface area contributed by atoms with Gasteiger partial charge in [-0.2, -0.15) is 0 Å². The van der Waals surface area contributed by atoms with Crippen molar-refractivity contribution in [3.05, 3.63) is 107 Å². The Labute approximate surface area is 159 Å². The number of amides is 2. The maximum atomic E-state index is 12.4. The van der Waals surface area contributed by atoms with Crippen molar-refractivity contribution in [2.75, 3.05) is 6.54 Å². The number of benzene rings is 3. The summed E-state index contributed by atoms with van der Waals surface area (Å²) in [4.78, 5) is 12.4. The van der Waals surface area contributed by atoms with Gasteiger partial charge in [-0.3, -0.25) is 0 Å². The first kappa shape index (κ1) is 18.0. The number of halogens is 1. The van der Waals surface area contributed by atoms with Crippen LogP contribution < -0.4 is 10.6 Å². The van der Waals surface area contributed by atoms with Crippen molar-refractivity contribution < 1.29 is 4.79 Å².